The second kappa shape index (κ2) is 19.0. The molecule has 0 saturated carbocycles. The number of rotatable bonds is 22. The highest BCUT2D eigenvalue weighted by Gasteiger charge is 2.76. The molecule has 0 aliphatic rings. The van der Waals surface area contributed by atoms with Gasteiger partial charge in [0.25, 0.3) is 5.91 Å². The fourth-order valence-corrected chi connectivity index (χ4v) is 4.36. The summed E-state index contributed by atoms with van der Waals surface area (Å²) in [5.74, 6) is -16.9. The third kappa shape index (κ3) is 13.5. The van der Waals surface area contributed by atoms with Crippen molar-refractivity contribution in [2.24, 2.45) is 0 Å². The van der Waals surface area contributed by atoms with Gasteiger partial charge in [-0.05, 0) is 12.0 Å². The second-order valence-electron chi connectivity index (χ2n) is 10.5. The minimum absolute atomic E-state index is 0.104. The number of unbranched alkanes of at least 4 members (excludes halogenated alkanes) is 14. The van der Waals surface area contributed by atoms with Crippen molar-refractivity contribution in [1.29, 1.82) is 0 Å². The minimum Gasteiger partial charge on any atom is -0.464 e. The largest absolute Gasteiger partial charge is 0.464 e. The Morgan fingerprint density at radius 1 is 0.707 bits per heavy atom. The Morgan fingerprint density at radius 2 is 1.15 bits per heavy atom. The Hall–Kier alpha value is -2.33. The van der Waals surface area contributed by atoms with Crippen molar-refractivity contribution in [2.45, 2.75) is 134 Å². The van der Waals surface area contributed by atoms with E-state index >= 15 is 0 Å². The predicted octanol–water partition coefficient (Wildman–Crippen LogP) is 8.96. The molecular formula is C30H44F7NO3. The lowest BCUT2D eigenvalue weighted by atomic mass is 10.0. The molecule has 0 aromatic heterocycles. The molecule has 0 spiro atoms. The van der Waals surface area contributed by atoms with E-state index in [-0.39, 0.29) is 6.61 Å². The van der Waals surface area contributed by atoms with Crippen LogP contribution in [0, 0.1) is 0 Å². The Morgan fingerprint density at radius 3 is 1.59 bits per heavy atom. The second-order valence-corrected chi connectivity index (χ2v) is 10.5. The van der Waals surface area contributed by atoms with E-state index in [0.29, 0.717) is 12.0 Å². The standard InChI is InChI=1S/C30H44F7NO3/c1-2-3-4-5-6-7-8-9-10-11-12-13-14-15-19-22-41-26(39)25(23-24-20-17-16-18-21-24)38-27(40)28(31,32)29(33,34)30(35,36)37/h16-18,20-21,25H,2-15,19,22-23H2,1H3,(H,38,40). The van der Waals surface area contributed by atoms with Crippen LogP contribution in [0.2, 0.25) is 0 Å². The molecule has 0 aliphatic carbocycles. The van der Waals surface area contributed by atoms with Crippen molar-refractivity contribution in [3.05, 3.63) is 35.9 Å². The Kier molecular flexibility index (Phi) is 17.0. The van der Waals surface area contributed by atoms with Crippen LogP contribution in [0.15, 0.2) is 30.3 Å². The van der Waals surface area contributed by atoms with E-state index < -0.39 is 42.4 Å². The molecule has 0 fully saturated rings. The monoisotopic (exact) mass is 599 g/mol. The molecule has 1 aromatic rings. The van der Waals surface area contributed by atoms with Crippen molar-refractivity contribution in [1.82, 2.24) is 5.32 Å². The highest BCUT2D eigenvalue weighted by Crippen LogP contribution is 2.46. The van der Waals surface area contributed by atoms with Crippen LogP contribution >= 0.6 is 0 Å². The number of esters is 1. The summed E-state index contributed by atoms with van der Waals surface area (Å²) in [5, 5.41) is 1.34. The molecule has 4 nitrogen and oxygen atoms in total. The molecule has 0 saturated heterocycles. The van der Waals surface area contributed by atoms with Gasteiger partial charge < -0.3 is 10.1 Å². The first-order valence-electron chi connectivity index (χ1n) is 14.7. The van der Waals surface area contributed by atoms with E-state index in [0.717, 1.165) is 32.1 Å². The zero-order chi connectivity index (χ0) is 30.8. The maximum atomic E-state index is 13.8. The van der Waals surface area contributed by atoms with E-state index in [9.17, 15) is 40.3 Å². The smallest absolute Gasteiger partial charge is 0.460 e. The van der Waals surface area contributed by atoms with Gasteiger partial charge in [-0.1, -0.05) is 127 Å². The summed E-state index contributed by atoms with van der Waals surface area (Å²) in [7, 11) is 0. The normalized spacial score (nSPS) is 13.2. The highest BCUT2D eigenvalue weighted by atomic mass is 19.4. The van der Waals surface area contributed by atoms with Gasteiger partial charge in [-0.2, -0.15) is 30.7 Å². The lowest BCUT2D eigenvalue weighted by Crippen LogP contribution is -2.61. The molecular weight excluding hydrogens is 555 g/mol. The van der Waals surface area contributed by atoms with E-state index in [1.54, 1.807) is 18.2 Å². The van der Waals surface area contributed by atoms with Gasteiger partial charge in [0.2, 0.25) is 0 Å². The van der Waals surface area contributed by atoms with Crippen LogP contribution in [0.5, 0.6) is 0 Å². The van der Waals surface area contributed by atoms with E-state index in [1.807, 2.05) is 0 Å². The molecule has 1 amide bonds. The summed E-state index contributed by atoms with van der Waals surface area (Å²) in [5.41, 5.74) is 0.354. The zero-order valence-corrected chi connectivity index (χ0v) is 23.9. The molecule has 1 N–H and O–H groups in total. The van der Waals surface area contributed by atoms with Gasteiger partial charge in [0, 0.05) is 6.42 Å². The fraction of sp³-hybridized carbons (Fsp3) is 0.733. The quantitative estimate of drug-likeness (QED) is 0.0822. The summed E-state index contributed by atoms with van der Waals surface area (Å²) in [6.07, 6.45) is 9.79. The molecule has 0 bridgehead atoms. The summed E-state index contributed by atoms with van der Waals surface area (Å²) in [6, 6.07) is 5.77. The van der Waals surface area contributed by atoms with Gasteiger partial charge in [-0.3, -0.25) is 4.79 Å². The van der Waals surface area contributed by atoms with Crippen molar-refractivity contribution in [3.63, 3.8) is 0 Å². The zero-order valence-electron chi connectivity index (χ0n) is 23.9. The van der Waals surface area contributed by atoms with Crippen LogP contribution < -0.4 is 5.32 Å². The summed E-state index contributed by atoms with van der Waals surface area (Å²) < 4.78 is 96.7. The number of halogens is 7. The minimum atomic E-state index is -6.67. The number of amides is 1. The van der Waals surface area contributed by atoms with Crippen LogP contribution in [0.3, 0.4) is 0 Å². The maximum Gasteiger partial charge on any atom is 0.460 e. The number of hydrogen-bond acceptors (Lipinski definition) is 3. The third-order valence-electron chi connectivity index (χ3n) is 6.90. The van der Waals surface area contributed by atoms with Crippen LogP contribution in [0.25, 0.3) is 0 Å². The number of alkyl halides is 7. The first-order chi connectivity index (χ1) is 19.3. The first-order valence-corrected chi connectivity index (χ1v) is 14.7. The van der Waals surface area contributed by atoms with Crippen LogP contribution in [-0.4, -0.2) is 42.5 Å². The van der Waals surface area contributed by atoms with Gasteiger partial charge in [-0.15, -0.1) is 0 Å². The molecule has 1 aromatic carbocycles. The molecule has 1 rings (SSSR count). The Labute approximate surface area is 238 Å². The van der Waals surface area contributed by atoms with Crippen molar-refractivity contribution < 1.29 is 45.1 Å². The van der Waals surface area contributed by atoms with Gasteiger partial charge in [0.05, 0.1) is 6.61 Å². The molecule has 1 unspecified atom stereocenters. The number of nitrogens with one attached hydrogen (secondary N) is 1. The predicted molar refractivity (Wildman–Crippen MR) is 144 cm³/mol. The average Bonchev–Trinajstić information content (AvgIpc) is 2.92. The molecule has 11 heteroatoms. The Bertz CT molecular complexity index is 863. The van der Waals surface area contributed by atoms with Crippen molar-refractivity contribution in [3.8, 4) is 0 Å². The van der Waals surface area contributed by atoms with Crippen molar-refractivity contribution >= 4 is 11.9 Å². The molecule has 0 aliphatic heterocycles. The van der Waals surface area contributed by atoms with Gasteiger partial charge >= 0.3 is 24.0 Å². The summed E-state index contributed by atoms with van der Waals surface area (Å²) >= 11 is 0. The average molecular weight is 600 g/mol. The highest BCUT2D eigenvalue weighted by molar-refractivity contribution is 5.89. The van der Waals surface area contributed by atoms with Gasteiger partial charge in [0.15, 0.2) is 0 Å². The van der Waals surface area contributed by atoms with Crippen LogP contribution in [0.1, 0.15) is 109 Å². The number of benzene rings is 1. The molecule has 0 radical (unpaired) electrons. The number of ether oxygens (including phenoxy) is 1. The lowest BCUT2D eigenvalue weighted by Gasteiger charge is -2.28. The van der Waals surface area contributed by atoms with Crippen LogP contribution in [0.4, 0.5) is 30.7 Å². The topological polar surface area (TPSA) is 55.4 Å². The third-order valence-corrected chi connectivity index (χ3v) is 6.90. The van der Waals surface area contributed by atoms with Gasteiger partial charge in [0.1, 0.15) is 6.04 Å². The number of hydrogen-bond donors (Lipinski definition) is 1. The fourth-order valence-electron chi connectivity index (χ4n) is 4.36. The molecule has 0 heterocycles. The number of carbonyl (C=O) groups excluding carboxylic acids is 2. The summed E-state index contributed by atoms with van der Waals surface area (Å²) in [6.45, 7) is 2.10. The van der Waals surface area contributed by atoms with E-state index in [1.165, 1.54) is 75.2 Å². The maximum absolute atomic E-state index is 13.8. The molecule has 1 atom stereocenters. The van der Waals surface area contributed by atoms with E-state index in [2.05, 4.69) is 6.92 Å². The first kappa shape index (κ1) is 36.7. The molecule has 236 valence electrons. The SMILES string of the molecule is CCCCCCCCCCCCCCCCCOC(=O)C(Cc1ccccc1)NC(=O)C(F)(F)C(F)(F)C(F)(F)F. The van der Waals surface area contributed by atoms with Gasteiger partial charge in [-0.25, -0.2) is 4.79 Å². The molecule has 41 heavy (non-hydrogen) atoms. The van der Waals surface area contributed by atoms with Crippen molar-refractivity contribution in [2.75, 3.05) is 6.61 Å². The Balaban J connectivity index is 2.41. The summed E-state index contributed by atoms with van der Waals surface area (Å²) in [4.78, 5) is 24.4. The van der Waals surface area contributed by atoms with Crippen LogP contribution in [-0.2, 0) is 20.7 Å². The number of carbonyl (C=O) groups is 2. The lowest BCUT2D eigenvalue weighted by molar-refractivity contribution is -0.344. The van der Waals surface area contributed by atoms with E-state index in [4.69, 9.17) is 4.74 Å².